The van der Waals surface area contributed by atoms with Gasteiger partial charge in [0, 0.05) is 26.2 Å². The number of nitrogens with one attached hydrogen (secondary N) is 1. The molecule has 1 heterocycles. The summed E-state index contributed by atoms with van der Waals surface area (Å²) >= 11 is 0. The molecule has 0 amide bonds. The van der Waals surface area contributed by atoms with Crippen LogP contribution in [0, 0.1) is 20.8 Å². The molecule has 0 unspecified atom stereocenters. The van der Waals surface area contributed by atoms with Gasteiger partial charge >= 0.3 is 0 Å². The molecular formula is C21H28N2O2S. The van der Waals surface area contributed by atoms with E-state index in [4.69, 9.17) is 0 Å². The van der Waals surface area contributed by atoms with Crippen LogP contribution in [0.3, 0.4) is 0 Å². The lowest BCUT2D eigenvalue weighted by molar-refractivity contribution is 0.477. The number of rotatable bonds is 6. The van der Waals surface area contributed by atoms with E-state index in [0.29, 0.717) is 18.0 Å². The van der Waals surface area contributed by atoms with Crippen molar-refractivity contribution >= 4 is 10.0 Å². The number of nitrogens with zero attached hydrogens (tertiary/aromatic N) is 1. The second-order valence-electron chi connectivity index (χ2n) is 7.24. The van der Waals surface area contributed by atoms with Gasteiger partial charge in [-0.1, -0.05) is 29.8 Å². The summed E-state index contributed by atoms with van der Waals surface area (Å²) in [6.07, 6.45) is 1.91. The van der Waals surface area contributed by atoms with Crippen molar-refractivity contribution in [3.63, 3.8) is 0 Å². The lowest BCUT2D eigenvalue weighted by Gasteiger charge is -2.16. The van der Waals surface area contributed by atoms with Gasteiger partial charge < -0.3 is 5.32 Å². The topological polar surface area (TPSA) is 49.4 Å². The van der Waals surface area contributed by atoms with Gasteiger partial charge in [-0.05, 0) is 68.0 Å². The molecule has 0 saturated carbocycles. The van der Waals surface area contributed by atoms with Crippen molar-refractivity contribution in [2.45, 2.75) is 51.6 Å². The zero-order valence-corrected chi connectivity index (χ0v) is 16.7. The predicted molar refractivity (Wildman–Crippen MR) is 106 cm³/mol. The van der Waals surface area contributed by atoms with Crippen molar-refractivity contribution in [3.05, 3.63) is 64.2 Å². The summed E-state index contributed by atoms with van der Waals surface area (Å²) in [5.41, 5.74) is 6.33. The minimum Gasteiger partial charge on any atom is -0.309 e. The van der Waals surface area contributed by atoms with Crippen molar-refractivity contribution < 1.29 is 8.42 Å². The molecule has 2 aromatic rings. The molecule has 0 aliphatic carbocycles. The molecule has 0 bridgehead atoms. The second kappa shape index (κ2) is 7.91. The van der Waals surface area contributed by atoms with Crippen LogP contribution in [0.15, 0.2) is 41.3 Å². The van der Waals surface area contributed by atoms with Crippen LogP contribution >= 0.6 is 0 Å². The molecule has 0 radical (unpaired) electrons. The van der Waals surface area contributed by atoms with Crippen LogP contribution in [-0.2, 0) is 23.1 Å². The van der Waals surface area contributed by atoms with Gasteiger partial charge in [0.15, 0.2) is 0 Å². The van der Waals surface area contributed by atoms with E-state index < -0.39 is 10.0 Å². The maximum absolute atomic E-state index is 12.6. The third-order valence-corrected chi connectivity index (χ3v) is 7.01. The van der Waals surface area contributed by atoms with Crippen molar-refractivity contribution in [1.82, 2.24) is 9.62 Å². The first-order chi connectivity index (χ1) is 12.4. The van der Waals surface area contributed by atoms with Gasteiger partial charge in [-0.2, -0.15) is 4.31 Å². The molecule has 1 fully saturated rings. The molecule has 1 saturated heterocycles. The van der Waals surface area contributed by atoms with Crippen LogP contribution in [0.2, 0.25) is 0 Å². The Morgan fingerprint density at radius 1 is 0.923 bits per heavy atom. The number of sulfonamides is 1. The Balaban J connectivity index is 1.62. The maximum atomic E-state index is 12.6. The average molecular weight is 373 g/mol. The third kappa shape index (κ3) is 4.17. The first kappa shape index (κ1) is 19.1. The maximum Gasteiger partial charge on any atom is 0.243 e. The largest absolute Gasteiger partial charge is 0.309 e. The summed E-state index contributed by atoms with van der Waals surface area (Å²) in [5.74, 6) is 0. The van der Waals surface area contributed by atoms with Crippen molar-refractivity contribution in [2.75, 3.05) is 13.1 Å². The Morgan fingerprint density at radius 2 is 1.50 bits per heavy atom. The lowest BCUT2D eigenvalue weighted by atomic mass is 10.00. The van der Waals surface area contributed by atoms with Crippen molar-refractivity contribution in [3.8, 4) is 0 Å². The normalized spacial score (nSPS) is 15.5. The first-order valence-corrected chi connectivity index (χ1v) is 10.7. The van der Waals surface area contributed by atoms with Crippen LogP contribution in [0.5, 0.6) is 0 Å². The Morgan fingerprint density at radius 3 is 2.08 bits per heavy atom. The molecule has 0 aromatic heterocycles. The van der Waals surface area contributed by atoms with Gasteiger partial charge in [0.05, 0.1) is 4.90 Å². The molecule has 140 valence electrons. The van der Waals surface area contributed by atoms with Crippen LogP contribution < -0.4 is 5.32 Å². The van der Waals surface area contributed by atoms with Gasteiger partial charge in [-0.25, -0.2) is 8.42 Å². The average Bonchev–Trinajstić information content (AvgIpc) is 3.13. The molecule has 0 atom stereocenters. The highest BCUT2D eigenvalue weighted by Gasteiger charge is 2.26. The molecule has 0 spiro atoms. The highest BCUT2D eigenvalue weighted by Crippen LogP contribution is 2.21. The summed E-state index contributed by atoms with van der Waals surface area (Å²) in [6, 6.07) is 11.7. The summed E-state index contributed by atoms with van der Waals surface area (Å²) < 4.78 is 26.7. The van der Waals surface area contributed by atoms with Crippen LogP contribution in [0.4, 0.5) is 0 Å². The Labute approximate surface area is 157 Å². The van der Waals surface area contributed by atoms with Gasteiger partial charge in [0.2, 0.25) is 10.0 Å². The molecule has 1 aliphatic heterocycles. The highest BCUT2D eigenvalue weighted by atomic mass is 32.2. The lowest BCUT2D eigenvalue weighted by Crippen LogP contribution is -2.27. The van der Waals surface area contributed by atoms with Gasteiger partial charge in [0.25, 0.3) is 0 Å². The number of benzene rings is 2. The van der Waals surface area contributed by atoms with E-state index in [1.165, 1.54) is 22.3 Å². The van der Waals surface area contributed by atoms with Crippen LogP contribution in [0.1, 0.15) is 40.7 Å². The second-order valence-corrected chi connectivity index (χ2v) is 9.17. The highest BCUT2D eigenvalue weighted by molar-refractivity contribution is 7.89. The molecule has 1 aliphatic rings. The zero-order chi connectivity index (χ0) is 18.7. The fourth-order valence-corrected chi connectivity index (χ4v) is 5.19. The zero-order valence-electron chi connectivity index (χ0n) is 15.9. The predicted octanol–water partition coefficient (Wildman–Crippen LogP) is 3.69. The van der Waals surface area contributed by atoms with Gasteiger partial charge in [0.1, 0.15) is 0 Å². The van der Waals surface area contributed by atoms with Gasteiger partial charge in [-0.3, -0.25) is 0 Å². The smallest absolute Gasteiger partial charge is 0.243 e. The fraction of sp³-hybridized carbons (Fsp3) is 0.429. The minimum atomic E-state index is -3.32. The molecule has 4 nitrogen and oxygen atoms in total. The molecule has 3 rings (SSSR count). The number of hydrogen-bond donors (Lipinski definition) is 1. The molecule has 26 heavy (non-hydrogen) atoms. The molecule has 1 N–H and O–H groups in total. The standard InChI is InChI=1S/C21H28N2O2S/c1-16-12-17(2)21(18(3)13-16)15-22-14-19-6-8-20(9-7-19)26(24,25)23-10-4-5-11-23/h6-9,12-13,22H,4-5,10-11,14-15H2,1-3H3. The minimum absolute atomic E-state index is 0.397. The van der Waals surface area contributed by atoms with Crippen LogP contribution in [-0.4, -0.2) is 25.8 Å². The molecule has 5 heteroatoms. The number of hydrogen-bond acceptors (Lipinski definition) is 3. The Bertz CT molecular complexity index is 844. The molecule has 2 aromatic carbocycles. The number of aryl methyl sites for hydroxylation is 3. The van der Waals surface area contributed by atoms with E-state index in [0.717, 1.165) is 31.5 Å². The van der Waals surface area contributed by atoms with Gasteiger partial charge in [-0.15, -0.1) is 0 Å². The SMILES string of the molecule is Cc1cc(C)c(CNCc2ccc(S(=O)(=O)N3CCCC3)cc2)c(C)c1. The van der Waals surface area contributed by atoms with Crippen molar-refractivity contribution in [2.24, 2.45) is 0 Å². The summed E-state index contributed by atoms with van der Waals surface area (Å²) in [4.78, 5) is 0.397. The van der Waals surface area contributed by atoms with Crippen molar-refractivity contribution in [1.29, 1.82) is 0 Å². The Kier molecular flexibility index (Phi) is 5.80. The van der Waals surface area contributed by atoms with E-state index in [-0.39, 0.29) is 0 Å². The van der Waals surface area contributed by atoms with E-state index >= 15 is 0 Å². The fourth-order valence-electron chi connectivity index (χ4n) is 3.68. The summed E-state index contributed by atoms with van der Waals surface area (Å²) in [7, 11) is -3.32. The summed E-state index contributed by atoms with van der Waals surface area (Å²) in [6.45, 7) is 9.23. The van der Waals surface area contributed by atoms with E-state index in [1.807, 2.05) is 12.1 Å². The third-order valence-electron chi connectivity index (χ3n) is 5.10. The van der Waals surface area contributed by atoms with E-state index in [9.17, 15) is 8.42 Å². The quantitative estimate of drug-likeness (QED) is 0.841. The van der Waals surface area contributed by atoms with E-state index in [1.54, 1.807) is 16.4 Å². The summed E-state index contributed by atoms with van der Waals surface area (Å²) in [5, 5.41) is 3.47. The van der Waals surface area contributed by atoms with Crippen LogP contribution in [0.25, 0.3) is 0 Å². The monoisotopic (exact) mass is 372 g/mol. The van der Waals surface area contributed by atoms with E-state index in [2.05, 4.69) is 38.2 Å². The Hall–Kier alpha value is -1.69. The molecular weight excluding hydrogens is 344 g/mol. The first-order valence-electron chi connectivity index (χ1n) is 9.24.